The number of aliphatic hydroxyl groups is 1. The Hall–Kier alpha value is -1.53. The number of carbonyl (C=O) groups is 2. The summed E-state index contributed by atoms with van der Waals surface area (Å²) in [5, 5.41) is 9.93. The van der Waals surface area contributed by atoms with E-state index in [1.807, 2.05) is 30.3 Å². The van der Waals surface area contributed by atoms with Gasteiger partial charge in [0.2, 0.25) is 0 Å². The van der Waals surface area contributed by atoms with E-state index in [0.29, 0.717) is 11.7 Å². The van der Waals surface area contributed by atoms with E-state index >= 15 is 0 Å². The number of ether oxygens (including phenoxy) is 2. The zero-order chi connectivity index (χ0) is 19.8. The normalized spacial score (nSPS) is 29.6. The fraction of sp³-hybridized carbons (Fsp3) is 0.619. The molecule has 0 amide bonds. The molecule has 6 heteroatoms. The Morgan fingerprint density at radius 2 is 1.78 bits per heavy atom. The molecule has 5 nitrogen and oxygen atoms in total. The third-order valence-corrected chi connectivity index (χ3v) is 9.62. The first-order valence-electron chi connectivity index (χ1n) is 9.37. The minimum absolute atomic E-state index is 0.0385. The van der Waals surface area contributed by atoms with Crippen LogP contribution < -0.4 is 0 Å². The average molecular weight is 394 g/mol. The van der Waals surface area contributed by atoms with Gasteiger partial charge >= 0.3 is 17.2 Å². The highest BCUT2D eigenvalue weighted by Gasteiger charge is 2.67. The van der Waals surface area contributed by atoms with E-state index in [1.54, 1.807) is 0 Å². The lowest BCUT2D eigenvalue weighted by Gasteiger charge is -2.39. The second-order valence-corrected chi connectivity index (χ2v) is 10.3. The van der Waals surface area contributed by atoms with Crippen molar-refractivity contribution in [2.75, 3.05) is 20.0 Å². The van der Waals surface area contributed by atoms with E-state index in [1.165, 1.54) is 14.2 Å². The molecule has 27 heavy (non-hydrogen) atoms. The van der Waals surface area contributed by atoms with Crippen LogP contribution in [0.2, 0.25) is 0 Å². The molecule has 0 aliphatic heterocycles. The SMILES string of the molecule is COC(=O)C(C(=O)OC)[S+](CC12CCC(CC1O)C2(C)C)c1ccccc1. The maximum absolute atomic E-state index is 12.6. The van der Waals surface area contributed by atoms with Gasteiger partial charge in [0.05, 0.1) is 31.2 Å². The molecule has 0 spiro atoms. The molecule has 3 rings (SSSR count). The Morgan fingerprint density at radius 1 is 1.19 bits per heavy atom. The van der Waals surface area contributed by atoms with Crippen LogP contribution in [0.1, 0.15) is 33.1 Å². The third-order valence-electron chi connectivity index (χ3n) is 6.96. The molecular formula is C21H29O5S+. The van der Waals surface area contributed by atoms with Crippen LogP contribution in [0.5, 0.6) is 0 Å². The van der Waals surface area contributed by atoms with Crippen molar-refractivity contribution in [2.24, 2.45) is 16.7 Å². The van der Waals surface area contributed by atoms with Crippen molar-refractivity contribution in [3.63, 3.8) is 0 Å². The smallest absolute Gasteiger partial charge is 0.371 e. The quantitative estimate of drug-likeness (QED) is 0.457. The van der Waals surface area contributed by atoms with Gasteiger partial charge in [-0.1, -0.05) is 32.0 Å². The van der Waals surface area contributed by atoms with Gasteiger partial charge in [-0.05, 0) is 42.7 Å². The number of aliphatic hydroxyl groups excluding tert-OH is 1. The first kappa shape index (κ1) is 20.2. The molecule has 1 aromatic rings. The van der Waals surface area contributed by atoms with Crippen LogP contribution in [0.15, 0.2) is 35.2 Å². The van der Waals surface area contributed by atoms with Crippen molar-refractivity contribution in [2.45, 2.75) is 49.4 Å². The predicted octanol–water partition coefficient (Wildman–Crippen LogP) is 2.57. The standard InChI is InChI=1S/C21H29O5S/c1-20(2)14-10-11-21(20,16(22)12-14)13-27(15-8-6-5-7-9-15)17(18(23)25-3)19(24)26-4/h5-9,14,16-17,22H,10-13H2,1-4H3/q+1. The molecule has 2 aliphatic rings. The van der Waals surface area contributed by atoms with Crippen molar-refractivity contribution < 1.29 is 24.2 Å². The van der Waals surface area contributed by atoms with Gasteiger partial charge in [0, 0.05) is 5.41 Å². The van der Waals surface area contributed by atoms with Crippen molar-refractivity contribution in [1.82, 2.24) is 0 Å². The van der Waals surface area contributed by atoms with E-state index in [2.05, 4.69) is 13.8 Å². The second-order valence-electron chi connectivity index (χ2n) is 8.18. The molecule has 0 saturated heterocycles. The van der Waals surface area contributed by atoms with Crippen molar-refractivity contribution in [3.8, 4) is 0 Å². The molecular weight excluding hydrogens is 364 g/mol. The lowest BCUT2D eigenvalue weighted by molar-refractivity contribution is -0.150. The summed E-state index contributed by atoms with van der Waals surface area (Å²) < 4.78 is 9.93. The van der Waals surface area contributed by atoms with Crippen LogP contribution in [0.25, 0.3) is 0 Å². The van der Waals surface area contributed by atoms with Crippen LogP contribution >= 0.6 is 0 Å². The van der Waals surface area contributed by atoms with Crippen LogP contribution in [-0.4, -0.2) is 48.4 Å². The van der Waals surface area contributed by atoms with Gasteiger partial charge in [-0.2, -0.15) is 0 Å². The molecule has 4 atom stereocenters. The number of hydrogen-bond donors (Lipinski definition) is 1. The van der Waals surface area contributed by atoms with Gasteiger partial charge < -0.3 is 14.6 Å². The molecule has 0 aromatic heterocycles. The maximum atomic E-state index is 12.6. The summed E-state index contributed by atoms with van der Waals surface area (Å²) in [5.41, 5.74) is -0.347. The Labute approximate surface area is 163 Å². The lowest BCUT2D eigenvalue weighted by atomic mass is 9.70. The fourth-order valence-electron chi connectivity index (χ4n) is 5.10. The minimum atomic E-state index is -1.01. The maximum Gasteiger partial charge on any atom is 0.371 e. The highest BCUT2D eigenvalue weighted by molar-refractivity contribution is 7.99. The number of benzene rings is 1. The van der Waals surface area contributed by atoms with Crippen molar-refractivity contribution >= 4 is 22.8 Å². The highest BCUT2D eigenvalue weighted by atomic mass is 32.2. The first-order chi connectivity index (χ1) is 12.8. The highest BCUT2D eigenvalue weighted by Crippen LogP contribution is 2.66. The molecule has 2 fully saturated rings. The molecule has 1 N–H and O–H groups in total. The van der Waals surface area contributed by atoms with Crippen molar-refractivity contribution in [1.29, 1.82) is 0 Å². The molecule has 0 heterocycles. The zero-order valence-electron chi connectivity index (χ0n) is 16.4. The van der Waals surface area contributed by atoms with E-state index in [0.717, 1.165) is 24.2 Å². The molecule has 0 radical (unpaired) electrons. The number of methoxy groups -OCH3 is 2. The minimum Gasteiger partial charge on any atom is -0.465 e. The van der Waals surface area contributed by atoms with Crippen LogP contribution in [0.3, 0.4) is 0 Å². The summed E-state index contributed by atoms with van der Waals surface area (Å²) in [6.07, 6.45) is 2.37. The van der Waals surface area contributed by atoms with Gasteiger partial charge in [-0.25, -0.2) is 9.59 Å². The summed E-state index contributed by atoms with van der Waals surface area (Å²) >= 11 is 0. The van der Waals surface area contributed by atoms with E-state index in [9.17, 15) is 14.7 Å². The number of rotatable bonds is 6. The van der Waals surface area contributed by atoms with Crippen LogP contribution in [0, 0.1) is 16.7 Å². The third kappa shape index (κ3) is 3.17. The monoisotopic (exact) mass is 393 g/mol. The Morgan fingerprint density at radius 3 is 2.22 bits per heavy atom. The van der Waals surface area contributed by atoms with Gasteiger partial charge in [-0.3, -0.25) is 0 Å². The van der Waals surface area contributed by atoms with Gasteiger partial charge in [-0.15, -0.1) is 0 Å². The van der Waals surface area contributed by atoms with Gasteiger partial charge in [0.15, 0.2) is 4.90 Å². The molecule has 1 aromatic carbocycles. The first-order valence-corrected chi connectivity index (χ1v) is 10.8. The number of esters is 2. The number of fused-ring (bicyclic) bond motifs is 2. The molecule has 2 aliphatic carbocycles. The van der Waals surface area contributed by atoms with Crippen molar-refractivity contribution in [3.05, 3.63) is 30.3 Å². The largest absolute Gasteiger partial charge is 0.465 e. The summed E-state index contributed by atoms with van der Waals surface area (Å²) in [7, 11) is 1.83. The number of hydrogen-bond acceptors (Lipinski definition) is 5. The van der Waals surface area contributed by atoms with Gasteiger partial charge in [0.1, 0.15) is 5.75 Å². The molecule has 2 bridgehead atoms. The Balaban J connectivity index is 2.06. The van der Waals surface area contributed by atoms with Crippen LogP contribution in [-0.2, 0) is 30.0 Å². The Kier molecular flexibility index (Phi) is 5.59. The number of carbonyl (C=O) groups excluding carboxylic acids is 2. The lowest BCUT2D eigenvalue weighted by Crippen LogP contribution is -2.50. The van der Waals surface area contributed by atoms with Gasteiger partial charge in [0.25, 0.3) is 0 Å². The summed E-state index contributed by atoms with van der Waals surface area (Å²) in [6.45, 7) is 4.44. The molecule has 4 unspecified atom stereocenters. The summed E-state index contributed by atoms with van der Waals surface area (Å²) in [4.78, 5) is 26.1. The summed E-state index contributed by atoms with van der Waals surface area (Å²) in [6, 6.07) is 9.62. The zero-order valence-corrected chi connectivity index (χ0v) is 17.3. The topological polar surface area (TPSA) is 72.8 Å². The van der Waals surface area contributed by atoms with E-state index in [4.69, 9.17) is 9.47 Å². The predicted molar refractivity (Wildman–Crippen MR) is 104 cm³/mol. The van der Waals surface area contributed by atoms with E-state index in [-0.39, 0.29) is 10.8 Å². The average Bonchev–Trinajstić information content (AvgIpc) is 3.02. The fourth-order valence-corrected chi connectivity index (χ4v) is 8.13. The molecule has 148 valence electrons. The van der Waals surface area contributed by atoms with Crippen LogP contribution in [0.4, 0.5) is 0 Å². The molecule has 2 saturated carbocycles. The van der Waals surface area contributed by atoms with E-state index < -0.39 is 34.2 Å². The Bertz CT molecular complexity index is 688. The second kappa shape index (κ2) is 7.47. The summed E-state index contributed by atoms with van der Waals surface area (Å²) in [5.74, 6) is -0.102.